The maximum absolute atomic E-state index is 10.6. The standard InChI is InChI=1S/C14H14N2O3S/c17-11(18)9-20-13-15-12(16-19-13)14(7-4-8-14)10-5-2-1-3-6-10/h1-3,5-6H,4,7-9H2,(H,17,18). The van der Waals surface area contributed by atoms with Crippen LogP contribution in [0.15, 0.2) is 40.1 Å². The number of aromatic nitrogens is 2. The van der Waals surface area contributed by atoms with Crippen LogP contribution in [0, 0.1) is 0 Å². The van der Waals surface area contributed by atoms with Crippen LogP contribution in [0.25, 0.3) is 0 Å². The smallest absolute Gasteiger partial charge is 0.314 e. The predicted molar refractivity (Wildman–Crippen MR) is 73.7 cm³/mol. The van der Waals surface area contributed by atoms with Crippen molar-refractivity contribution < 1.29 is 14.4 Å². The van der Waals surface area contributed by atoms with E-state index in [0.29, 0.717) is 11.0 Å². The lowest BCUT2D eigenvalue weighted by Crippen LogP contribution is -2.36. The fraction of sp³-hybridized carbons (Fsp3) is 0.357. The molecule has 0 unspecified atom stereocenters. The molecule has 0 radical (unpaired) electrons. The molecule has 104 valence electrons. The summed E-state index contributed by atoms with van der Waals surface area (Å²) in [5.41, 5.74) is 1.04. The van der Waals surface area contributed by atoms with Gasteiger partial charge in [0.15, 0.2) is 5.82 Å². The van der Waals surface area contributed by atoms with E-state index in [0.717, 1.165) is 31.0 Å². The zero-order valence-electron chi connectivity index (χ0n) is 10.8. The number of rotatable bonds is 5. The summed E-state index contributed by atoms with van der Waals surface area (Å²) in [5, 5.41) is 13.1. The number of hydrogen-bond donors (Lipinski definition) is 1. The van der Waals surface area contributed by atoms with Crippen LogP contribution in [0.4, 0.5) is 0 Å². The molecule has 5 nitrogen and oxygen atoms in total. The number of nitrogens with zero attached hydrogens (tertiary/aromatic N) is 2. The molecule has 1 fully saturated rings. The van der Waals surface area contributed by atoms with Gasteiger partial charge < -0.3 is 9.63 Å². The van der Waals surface area contributed by atoms with Crippen molar-refractivity contribution in [2.75, 3.05) is 5.75 Å². The first-order valence-electron chi connectivity index (χ1n) is 6.45. The summed E-state index contributed by atoms with van der Waals surface area (Å²) in [6, 6.07) is 10.2. The number of aliphatic carboxylic acids is 1. The van der Waals surface area contributed by atoms with E-state index in [1.54, 1.807) is 0 Å². The van der Waals surface area contributed by atoms with Gasteiger partial charge in [0.2, 0.25) is 0 Å². The summed E-state index contributed by atoms with van der Waals surface area (Å²) < 4.78 is 5.16. The van der Waals surface area contributed by atoms with Gasteiger partial charge in [-0.15, -0.1) is 0 Å². The zero-order valence-corrected chi connectivity index (χ0v) is 11.6. The fourth-order valence-electron chi connectivity index (χ4n) is 2.51. The summed E-state index contributed by atoms with van der Waals surface area (Å²) >= 11 is 1.06. The average Bonchev–Trinajstić information content (AvgIpc) is 2.85. The number of carboxylic acids is 1. The first kappa shape index (κ1) is 13.2. The molecule has 1 heterocycles. The van der Waals surface area contributed by atoms with Crippen molar-refractivity contribution in [1.82, 2.24) is 10.1 Å². The van der Waals surface area contributed by atoms with Crippen LogP contribution in [0.2, 0.25) is 0 Å². The maximum atomic E-state index is 10.6. The summed E-state index contributed by atoms with van der Waals surface area (Å²) in [5.74, 6) is -0.293. The maximum Gasteiger partial charge on any atom is 0.314 e. The van der Waals surface area contributed by atoms with Gasteiger partial charge in [-0.05, 0) is 18.4 Å². The van der Waals surface area contributed by atoms with Gasteiger partial charge in [0.25, 0.3) is 5.22 Å². The highest BCUT2D eigenvalue weighted by molar-refractivity contribution is 7.99. The minimum absolute atomic E-state index is 0.0695. The van der Waals surface area contributed by atoms with Crippen LogP contribution in [-0.4, -0.2) is 27.0 Å². The summed E-state index contributed by atoms with van der Waals surface area (Å²) in [7, 11) is 0. The summed E-state index contributed by atoms with van der Waals surface area (Å²) in [4.78, 5) is 14.9. The van der Waals surface area contributed by atoms with Crippen LogP contribution >= 0.6 is 11.8 Å². The Morgan fingerprint density at radius 3 is 2.70 bits per heavy atom. The van der Waals surface area contributed by atoms with Crippen molar-refractivity contribution in [2.24, 2.45) is 0 Å². The van der Waals surface area contributed by atoms with Crippen molar-refractivity contribution >= 4 is 17.7 Å². The molecular formula is C14H14N2O3S. The Morgan fingerprint density at radius 2 is 2.10 bits per heavy atom. The average molecular weight is 290 g/mol. The molecule has 0 bridgehead atoms. The molecule has 20 heavy (non-hydrogen) atoms. The molecule has 0 aliphatic heterocycles. The van der Waals surface area contributed by atoms with Gasteiger partial charge in [0.1, 0.15) is 5.75 Å². The lowest BCUT2D eigenvalue weighted by atomic mass is 9.64. The van der Waals surface area contributed by atoms with Crippen molar-refractivity contribution in [3.63, 3.8) is 0 Å². The molecular weight excluding hydrogens is 276 g/mol. The molecule has 6 heteroatoms. The van der Waals surface area contributed by atoms with Crippen molar-refractivity contribution in [3.05, 3.63) is 41.7 Å². The second-order valence-electron chi connectivity index (χ2n) is 4.87. The highest BCUT2D eigenvalue weighted by atomic mass is 32.2. The van der Waals surface area contributed by atoms with Gasteiger partial charge in [0.05, 0.1) is 5.41 Å². The molecule has 1 aromatic carbocycles. The quantitative estimate of drug-likeness (QED) is 0.853. The normalized spacial score (nSPS) is 16.6. The van der Waals surface area contributed by atoms with E-state index < -0.39 is 5.97 Å². The van der Waals surface area contributed by atoms with Crippen LogP contribution in [-0.2, 0) is 10.2 Å². The van der Waals surface area contributed by atoms with E-state index in [1.165, 1.54) is 5.56 Å². The Labute approximate surface area is 120 Å². The highest BCUT2D eigenvalue weighted by Crippen LogP contribution is 2.47. The number of carbonyl (C=O) groups is 1. The Bertz CT molecular complexity index is 608. The van der Waals surface area contributed by atoms with E-state index in [1.807, 2.05) is 18.2 Å². The van der Waals surface area contributed by atoms with Crippen LogP contribution < -0.4 is 0 Å². The molecule has 1 aliphatic carbocycles. The van der Waals surface area contributed by atoms with Crippen LogP contribution in [0.5, 0.6) is 0 Å². The van der Waals surface area contributed by atoms with E-state index in [9.17, 15) is 4.79 Å². The van der Waals surface area contributed by atoms with E-state index in [-0.39, 0.29) is 11.2 Å². The minimum Gasteiger partial charge on any atom is -0.481 e. The number of carboxylic acid groups (broad SMARTS) is 1. The molecule has 1 aliphatic rings. The molecule has 0 amide bonds. The predicted octanol–water partition coefficient (Wildman–Crippen LogP) is 2.72. The van der Waals surface area contributed by atoms with E-state index in [2.05, 4.69) is 22.3 Å². The highest BCUT2D eigenvalue weighted by Gasteiger charge is 2.44. The van der Waals surface area contributed by atoms with Gasteiger partial charge >= 0.3 is 5.97 Å². The van der Waals surface area contributed by atoms with Crippen LogP contribution in [0.3, 0.4) is 0 Å². The largest absolute Gasteiger partial charge is 0.481 e. The Balaban J connectivity index is 1.85. The molecule has 0 spiro atoms. The zero-order chi connectivity index (χ0) is 14.0. The van der Waals surface area contributed by atoms with E-state index in [4.69, 9.17) is 9.63 Å². The third-order valence-electron chi connectivity index (χ3n) is 3.69. The van der Waals surface area contributed by atoms with Gasteiger partial charge in [-0.1, -0.05) is 53.7 Å². The first-order valence-corrected chi connectivity index (χ1v) is 7.43. The molecule has 0 saturated heterocycles. The van der Waals surface area contributed by atoms with Gasteiger partial charge in [-0.3, -0.25) is 4.79 Å². The van der Waals surface area contributed by atoms with Crippen molar-refractivity contribution in [3.8, 4) is 0 Å². The fourth-order valence-corrected chi connectivity index (χ4v) is 3.00. The third-order valence-corrected chi connectivity index (χ3v) is 4.49. The molecule has 1 N–H and O–H groups in total. The molecule has 1 saturated carbocycles. The van der Waals surface area contributed by atoms with Crippen LogP contribution in [0.1, 0.15) is 30.7 Å². The number of benzene rings is 1. The molecule has 2 aromatic rings. The molecule has 0 atom stereocenters. The Morgan fingerprint density at radius 1 is 1.35 bits per heavy atom. The Kier molecular flexibility index (Phi) is 3.48. The summed E-state index contributed by atoms with van der Waals surface area (Å²) in [6.07, 6.45) is 3.14. The Hall–Kier alpha value is -1.82. The second-order valence-corrected chi connectivity index (χ2v) is 5.79. The third kappa shape index (κ3) is 2.31. The molecule has 1 aromatic heterocycles. The van der Waals surface area contributed by atoms with Gasteiger partial charge in [-0.25, -0.2) is 0 Å². The van der Waals surface area contributed by atoms with Crippen molar-refractivity contribution in [2.45, 2.75) is 29.9 Å². The number of thioether (sulfide) groups is 1. The lowest BCUT2D eigenvalue weighted by Gasteiger charge is -2.39. The SMILES string of the molecule is O=C(O)CSc1nc(C2(c3ccccc3)CCC2)no1. The monoisotopic (exact) mass is 290 g/mol. The topological polar surface area (TPSA) is 76.2 Å². The first-order chi connectivity index (χ1) is 9.71. The summed E-state index contributed by atoms with van der Waals surface area (Å²) in [6.45, 7) is 0. The van der Waals surface area contributed by atoms with Gasteiger partial charge in [-0.2, -0.15) is 4.98 Å². The lowest BCUT2D eigenvalue weighted by molar-refractivity contribution is -0.133. The van der Waals surface area contributed by atoms with Crippen molar-refractivity contribution in [1.29, 1.82) is 0 Å². The van der Waals surface area contributed by atoms with E-state index >= 15 is 0 Å². The van der Waals surface area contributed by atoms with Gasteiger partial charge in [0, 0.05) is 0 Å². The minimum atomic E-state index is -0.892. The number of hydrogen-bond acceptors (Lipinski definition) is 5. The molecule has 3 rings (SSSR count). The second kappa shape index (κ2) is 5.28.